The Labute approximate surface area is 239 Å². The SMILES string of the molecule is O=C1S/C(=C\c2ccc(Oc3nc(N4CCOCC4)nc(N4CCOCC4)n3)cc2)C(=O)N1Cc1ccccc1F. The molecular formula is C28H27FN6O5S. The molecule has 1 aromatic heterocycles. The second-order valence-electron chi connectivity index (χ2n) is 9.45. The Morgan fingerprint density at radius 1 is 0.854 bits per heavy atom. The van der Waals surface area contributed by atoms with Crippen molar-refractivity contribution in [3.63, 3.8) is 0 Å². The molecule has 3 saturated heterocycles. The molecule has 41 heavy (non-hydrogen) atoms. The molecule has 0 atom stereocenters. The van der Waals surface area contributed by atoms with Crippen molar-refractivity contribution in [3.05, 3.63) is 70.4 Å². The van der Waals surface area contributed by atoms with Gasteiger partial charge < -0.3 is 24.0 Å². The molecule has 0 bridgehead atoms. The fourth-order valence-electron chi connectivity index (χ4n) is 4.51. The molecule has 4 heterocycles. The fourth-order valence-corrected chi connectivity index (χ4v) is 5.35. The van der Waals surface area contributed by atoms with Gasteiger partial charge in [-0.2, -0.15) is 15.0 Å². The lowest BCUT2D eigenvalue weighted by atomic mass is 10.2. The Bertz CT molecular complexity index is 1420. The summed E-state index contributed by atoms with van der Waals surface area (Å²) in [6, 6.07) is 13.3. The topological polar surface area (TPSA) is 110 Å². The van der Waals surface area contributed by atoms with Gasteiger partial charge in [0.05, 0.1) is 37.9 Å². The average molecular weight is 579 g/mol. The predicted octanol–water partition coefficient (Wildman–Crippen LogP) is 3.71. The number of carbonyl (C=O) groups excluding carboxylic acids is 2. The van der Waals surface area contributed by atoms with Gasteiger partial charge in [-0.15, -0.1) is 0 Å². The number of aromatic nitrogens is 3. The largest absolute Gasteiger partial charge is 0.424 e. The molecular weight excluding hydrogens is 551 g/mol. The van der Waals surface area contributed by atoms with E-state index >= 15 is 0 Å². The number of benzene rings is 2. The maximum atomic E-state index is 14.1. The van der Waals surface area contributed by atoms with Crippen LogP contribution in [0.3, 0.4) is 0 Å². The van der Waals surface area contributed by atoms with Gasteiger partial charge in [-0.1, -0.05) is 30.3 Å². The van der Waals surface area contributed by atoms with E-state index in [-0.39, 0.29) is 23.0 Å². The first-order valence-corrected chi connectivity index (χ1v) is 14.0. The van der Waals surface area contributed by atoms with Crippen LogP contribution in [-0.2, 0) is 20.8 Å². The second kappa shape index (κ2) is 12.2. The highest BCUT2D eigenvalue weighted by molar-refractivity contribution is 8.18. The van der Waals surface area contributed by atoms with Crippen molar-refractivity contribution in [3.8, 4) is 11.8 Å². The van der Waals surface area contributed by atoms with Crippen LogP contribution in [0.2, 0.25) is 0 Å². The third kappa shape index (κ3) is 6.32. The number of carbonyl (C=O) groups is 2. The average Bonchev–Trinajstić information content (AvgIpc) is 3.27. The minimum absolute atomic E-state index is 0.119. The summed E-state index contributed by atoms with van der Waals surface area (Å²) in [5, 5.41) is -0.438. The summed E-state index contributed by atoms with van der Waals surface area (Å²) >= 11 is 0.830. The first-order valence-electron chi connectivity index (χ1n) is 13.2. The Kier molecular flexibility index (Phi) is 8.07. The number of hydrogen-bond acceptors (Lipinski definition) is 11. The van der Waals surface area contributed by atoms with Gasteiger partial charge in [-0.3, -0.25) is 14.5 Å². The lowest BCUT2D eigenvalue weighted by molar-refractivity contribution is -0.123. The van der Waals surface area contributed by atoms with Gasteiger partial charge in [0.15, 0.2) is 0 Å². The second-order valence-corrected chi connectivity index (χ2v) is 10.4. The number of ether oxygens (including phenoxy) is 3. The van der Waals surface area contributed by atoms with E-state index in [1.54, 1.807) is 48.5 Å². The summed E-state index contributed by atoms with van der Waals surface area (Å²) in [6.07, 6.45) is 1.63. The van der Waals surface area contributed by atoms with Crippen LogP contribution in [0, 0.1) is 5.82 Å². The lowest BCUT2D eigenvalue weighted by Crippen LogP contribution is -2.40. The molecule has 0 N–H and O–H groups in total. The van der Waals surface area contributed by atoms with Crippen molar-refractivity contribution in [2.24, 2.45) is 0 Å². The van der Waals surface area contributed by atoms with Gasteiger partial charge in [-0.25, -0.2) is 4.39 Å². The van der Waals surface area contributed by atoms with E-state index in [9.17, 15) is 14.0 Å². The number of imide groups is 1. The molecule has 13 heteroatoms. The highest BCUT2D eigenvalue weighted by atomic mass is 32.2. The van der Waals surface area contributed by atoms with Gasteiger partial charge in [-0.05, 0) is 41.6 Å². The summed E-state index contributed by atoms with van der Waals surface area (Å²) < 4.78 is 31.0. The lowest BCUT2D eigenvalue weighted by Gasteiger charge is -2.30. The summed E-state index contributed by atoms with van der Waals surface area (Å²) in [7, 11) is 0. The number of morpholine rings is 2. The molecule has 3 aliphatic rings. The number of thioether (sulfide) groups is 1. The summed E-state index contributed by atoms with van der Waals surface area (Å²) in [5.74, 6) is 0.644. The van der Waals surface area contributed by atoms with E-state index in [4.69, 9.17) is 14.2 Å². The minimum atomic E-state index is -0.460. The van der Waals surface area contributed by atoms with Crippen LogP contribution in [-0.4, -0.2) is 83.6 Å². The van der Waals surface area contributed by atoms with Crippen LogP contribution >= 0.6 is 11.8 Å². The highest BCUT2D eigenvalue weighted by Gasteiger charge is 2.35. The van der Waals surface area contributed by atoms with Crippen LogP contribution in [0.25, 0.3) is 6.08 Å². The molecule has 11 nitrogen and oxygen atoms in total. The Morgan fingerprint density at radius 2 is 1.46 bits per heavy atom. The maximum Gasteiger partial charge on any atom is 0.328 e. The van der Waals surface area contributed by atoms with Crippen LogP contribution in [0.15, 0.2) is 53.4 Å². The Hall–Kier alpha value is -4.07. The minimum Gasteiger partial charge on any atom is -0.424 e. The van der Waals surface area contributed by atoms with Crippen molar-refractivity contribution in [1.29, 1.82) is 0 Å². The predicted molar refractivity (Wildman–Crippen MR) is 150 cm³/mol. The quantitative estimate of drug-likeness (QED) is 0.383. The third-order valence-corrected chi connectivity index (χ3v) is 7.63. The van der Waals surface area contributed by atoms with Crippen molar-refractivity contribution in [2.45, 2.75) is 6.54 Å². The monoisotopic (exact) mass is 578 g/mol. The molecule has 0 radical (unpaired) electrons. The molecule has 0 aliphatic carbocycles. The molecule has 212 valence electrons. The third-order valence-electron chi connectivity index (χ3n) is 6.73. The van der Waals surface area contributed by atoms with Crippen LogP contribution in [0.1, 0.15) is 11.1 Å². The molecule has 6 rings (SSSR count). The van der Waals surface area contributed by atoms with Crippen molar-refractivity contribution >= 4 is 40.9 Å². The van der Waals surface area contributed by atoms with Gasteiger partial charge >= 0.3 is 6.01 Å². The molecule has 0 unspecified atom stereocenters. The molecule has 0 spiro atoms. The summed E-state index contributed by atoms with van der Waals surface area (Å²) in [5.41, 5.74) is 0.983. The number of hydrogen-bond donors (Lipinski definition) is 0. The molecule has 2 aromatic carbocycles. The first kappa shape index (κ1) is 27.1. The molecule has 0 saturated carbocycles. The summed E-state index contributed by atoms with van der Waals surface area (Å²) in [6.45, 7) is 4.96. The normalized spacial score (nSPS) is 18.9. The van der Waals surface area contributed by atoms with Gasteiger partial charge in [0.2, 0.25) is 11.9 Å². The zero-order valence-corrected chi connectivity index (χ0v) is 22.9. The van der Waals surface area contributed by atoms with E-state index < -0.39 is 17.0 Å². The number of halogens is 1. The van der Waals surface area contributed by atoms with Gasteiger partial charge in [0.1, 0.15) is 11.6 Å². The van der Waals surface area contributed by atoms with E-state index in [1.807, 2.05) is 9.80 Å². The maximum absolute atomic E-state index is 14.1. The number of nitrogens with zero attached hydrogens (tertiary/aromatic N) is 6. The number of rotatable bonds is 7. The molecule has 3 aromatic rings. The molecule has 3 fully saturated rings. The zero-order valence-electron chi connectivity index (χ0n) is 22.1. The van der Waals surface area contributed by atoms with E-state index in [1.165, 1.54) is 6.07 Å². The van der Waals surface area contributed by atoms with Crippen molar-refractivity contribution < 1.29 is 28.2 Å². The van der Waals surface area contributed by atoms with Crippen molar-refractivity contribution in [1.82, 2.24) is 19.9 Å². The van der Waals surface area contributed by atoms with E-state index in [0.29, 0.717) is 75.8 Å². The molecule has 3 aliphatic heterocycles. The molecule has 2 amide bonds. The highest BCUT2D eigenvalue weighted by Crippen LogP contribution is 2.34. The first-order chi connectivity index (χ1) is 20.0. The van der Waals surface area contributed by atoms with Gasteiger partial charge in [0, 0.05) is 31.7 Å². The number of amides is 2. The Morgan fingerprint density at radius 3 is 2.07 bits per heavy atom. The zero-order chi connectivity index (χ0) is 28.2. The standard InChI is InChI=1S/C28H27FN6O5S/c29-22-4-2-1-3-20(22)18-35-24(36)23(41-28(35)37)17-19-5-7-21(8-6-19)40-27-31-25(33-9-13-38-14-10-33)30-26(32-27)34-11-15-39-16-12-34/h1-8,17H,9-16,18H2/b23-17-. The fraction of sp³-hybridized carbons (Fsp3) is 0.321. The van der Waals surface area contributed by atoms with Crippen LogP contribution in [0.4, 0.5) is 21.1 Å². The van der Waals surface area contributed by atoms with Crippen LogP contribution < -0.4 is 14.5 Å². The van der Waals surface area contributed by atoms with E-state index in [2.05, 4.69) is 15.0 Å². The van der Waals surface area contributed by atoms with E-state index in [0.717, 1.165) is 16.7 Å². The number of anilines is 2. The Balaban J connectivity index is 1.17. The van der Waals surface area contributed by atoms with Crippen molar-refractivity contribution in [2.75, 3.05) is 62.4 Å². The summed E-state index contributed by atoms with van der Waals surface area (Å²) in [4.78, 5) is 44.6. The van der Waals surface area contributed by atoms with Gasteiger partial charge in [0.25, 0.3) is 11.1 Å². The van der Waals surface area contributed by atoms with Crippen LogP contribution in [0.5, 0.6) is 11.8 Å². The smallest absolute Gasteiger partial charge is 0.328 e.